The van der Waals surface area contributed by atoms with Crippen molar-refractivity contribution in [3.05, 3.63) is 34.9 Å². The zero-order chi connectivity index (χ0) is 13.1. The predicted octanol–water partition coefficient (Wildman–Crippen LogP) is 2.74. The van der Waals surface area contributed by atoms with Gasteiger partial charge in [-0.2, -0.15) is 0 Å². The van der Waals surface area contributed by atoms with Crippen molar-refractivity contribution in [2.75, 3.05) is 6.54 Å². The number of carbonyl (C=O) groups is 1. The molecule has 2 rings (SSSR count). The normalized spacial score (nSPS) is 21.1. The van der Waals surface area contributed by atoms with Gasteiger partial charge in [0, 0.05) is 11.6 Å². The predicted molar refractivity (Wildman–Crippen MR) is 73.4 cm³/mol. The maximum Gasteiger partial charge on any atom is 0.239 e. The Labute approximate surface area is 113 Å². The molecule has 1 aromatic carbocycles. The maximum atomic E-state index is 12.2. The second-order valence-corrected chi connectivity index (χ2v) is 5.20. The van der Waals surface area contributed by atoms with E-state index in [0.29, 0.717) is 11.4 Å². The van der Waals surface area contributed by atoms with E-state index in [1.807, 2.05) is 36.1 Å². The summed E-state index contributed by atoms with van der Waals surface area (Å²) in [6, 6.07) is 7.50. The van der Waals surface area contributed by atoms with E-state index >= 15 is 0 Å². The van der Waals surface area contributed by atoms with Crippen LogP contribution in [0.4, 0.5) is 0 Å². The number of carbonyl (C=O) groups excluding carboxylic acids is 1. The Kier molecular flexibility index (Phi) is 4.25. The second-order valence-electron chi connectivity index (χ2n) is 4.76. The first kappa shape index (κ1) is 13.4. The van der Waals surface area contributed by atoms with Gasteiger partial charge in [0.15, 0.2) is 0 Å². The molecule has 4 heteroatoms. The van der Waals surface area contributed by atoms with Gasteiger partial charge in [0.1, 0.15) is 0 Å². The first-order valence-electron chi connectivity index (χ1n) is 6.45. The van der Waals surface area contributed by atoms with Crippen LogP contribution in [-0.4, -0.2) is 23.4 Å². The van der Waals surface area contributed by atoms with Crippen molar-refractivity contribution in [3.63, 3.8) is 0 Å². The number of nitrogens with zero attached hydrogens (tertiary/aromatic N) is 1. The van der Waals surface area contributed by atoms with Crippen molar-refractivity contribution in [1.29, 1.82) is 0 Å². The van der Waals surface area contributed by atoms with Crippen LogP contribution >= 0.6 is 11.6 Å². The van der Waals surface area contributed by atoms with Crippen LogP contribution in [0.25, 0.3) is 0 Å². The van der Waals surface area contributed by atoms with Crippen LogP contribution in [-0.2, 0) is 4.79 Å². The van der Waals surface area contributed by atoms with E-state index in [1.165, 1.54) is 0 Å². The Balaban J connectivity index is 2.20. The molecule has 0 spiro atoms. The van der Waals surface area contributed by atoms with Crippen molar-refractivity contribution in [2.24, 2.45) is 5.73 Å². The zero-order valence-electron chi connectivity index (χ0n) is 10.6. The van der Waals surface area contributed by atoms with E-state index < -0.39 is 0 Å². The summed E-state index contributed by atoms with van der Waals surface area (Å²) in [7, 11) is 0. The SMILES string of the molecule is CCC(N)C(=O)N1CCCC1c1cccc(Cl)c1. The molecule has 1 aliphatic heterocycles. The van der Waals surface area contributed by atoms with Gasteiger partial charge in [-0.05, 0) is 37.0 Å². The molecule has 0 saturated carbocycles. The van der Waals surface area contributed by atoms with Crippen molar-refractivity contribution < 1.29 is 4.79 Å². The van der Waals surface area contributed by atoms with Crippen LogP contribution in [0.5, 0.6) is 0 Å². The van der Waals surface area contributed by atoms with Gasteiger partial charge in [-0.15, -0.1) is 0 Å². The molecule has 0 radical (unpaired) electrons. The lowest BCUT2D eigenvalue weighted by Crippen LogP contribution is -2.43. The van der Waals surface area contributed by atoms with Crippen molar-refractivity contribution in [2.45, 2.75) is 38.3 Å². The molecule has 1 fully saturated rings. The van der Waals surface area contributed by atoms with Crippen molar-refractivity contribution >= 4 is 17.5 Å². The molecule has 1 amide bonds. The van der Waals surface area contributed by atoms with Gasteiger partial charge in [-0.25, -0.2) is 0 Å². The van der Waals surface area contributed by atoms with Gasteiger partial charge in [0.05, 0.1) is 12.1 Å². The Hall–Kier alpha value is -1.06. The molecule has 2 unspecified atom stereocenters. The average Bonchev–Trinajstić information content (AvgIpc) is 2.86. The highest BCUT2D eigenvalue weighted by molar-refractivity contribution is 6.30. The largest absolute Gasteiger partial charge is 0.334 e. The Morgan fingerprint density at radius 3 is 3.06 bits per heavy atom. The van der Waals surface area contributed by atoms with E-state index in [4.69, 9.17) is 17.3 Å². The summed E-state index contributed by atoms with van der Waals surface area (Å²) in [6.07, 6.45) is 2.69. The summed E-state index contributed by atoms with van der Waals surface area (Å²) >= 11 is 6.01. The average molecular weight is 267 g/mol. The van der Waals surface area contributed by atoms with Gasteiger partial charge < -0.3 is 10.6 Å². The number of rotatable bonds is 3. The maximum absolute atomic E-state index is 12.2. The summed E-state index contributed by atoms with van der Waals surface area (Å²) in [6.45, 7) is 2.73. The summed E-state index contributed by atoms with van der Waals surface area (Å²) in [5.41, 5.74) is 6.96. The molecule has 2 atom stereocenters. The number of halogens is 1. The van der Waals surface area contributed by atoms with E-state index in [1.54, 1.807) is 0 Å². The Morgan fingerprint density at radius 2 is 2.39 bits per heavy atom. The molecule has 1 aromatic rings. The molecule has 2 N–H and O–H groups in total. The summed E-state index contributed by atoms with van der Waals surface area (Å²) in [5, 5.41) is 0.714. The minimum atomic E-state index is -0.384. The number of hydrogen-bond acceptors (Lipinski definition) is 2. The highest BCUT2D eigenvalue weighted by atomic mass is 35.5. The van der Waals surface area contributed by atoms with E-state index in [2.05, 4.69) is 0 Å². The summed E-state index contributed by atoms with van der Waals surface area (Å²) in [4.78, 5) is 14.1. The van der Waals surface area contributed by atoms with Crippen molar-refractivity contribution in [3.8, 4) is 0 Å². The van der Waals surface area contributed by atoms with Crippen LogP contribution < -0.4 is 5.73 Å². The molecular formula is C14H19ClN2O. The van der Waals surface area contributed by atoms with Gasteiger partial charge in [0.2, 0.25) is 5.91 Å². The van der Waals surface area contributed by atoms with Gasteiger partial charge in [-0.3, -0.25) is 4.79 Å². The highest BCUT2D eigenvalue weighted by Gasteiger charge is 2.31. The highest BCUT2D eigenvalue weighted by Crippen LogP contribution is 2.33. The van der Waals surface area contributed by atoms with Gasteiger partial charge in [0.25, 0.3) is 0 Å². The Bertz CT molecular complexity index is 436. The molecule has 1 aliphatic rings. The number of likely N-dealkylation sites (tertiary alicyclic amines) is 1. The lowest BCUT2D eigenvalue weighted by atomic mass is 10.0. The van der Waals surface area contributed by atoms with E-state index in [0.717, 1.165) is 24.9 Å². The monoisotopic (exact) mass is 266 g/mol. The minimum Gasteiger partial charge on any atom is -0.334 e. The van der Waals surface area contributed by atoms with Crippen LogP contribution in [0.3, 0.4) is 0 Å². The zero-order valence-corrected chi connectivity index (χ0v) is 11.4. The first-order valence-corrected chi connectivity index (χ1v) is 6.82. The van der Waals surface area contributed by atoms with Crippen LogP contribution in [0.2, 0.25) is 5.02 Å². The number of benzene rings is 1. The standard InChI is InChI=1S/C14H19ClN2O/c1-2-12(16)14(18)17-8-4-7-13(17)10-5-3-6-11(15)9-10/h3,5-6,9,12-13H,2,4,7-8,16H2,1H3. The number of nitrogens with two attached hydrogens (primary N) is 1. The molecule has 0 aliphatic carbocycles. The third-order valence-electron chi connectivity index (χ3n) is 3.53. The first-order chi connectivity index (χ1) is 8.63. The third kappa shape index (κ3) is 2.68. The number of amides is 1. The van der Waals surface area contributed by atoms with Crippen LogP contribution in [0.1, 0.15) is 37.8 Å². The Morgan fingerprint density at radius 1 is 1.61 bits per heavy atom. The second kappa shape index (κ2) is 5.72. The quantitative estimate of drug-likeness (QED) is 0.914. The smallest absolute Gasteiger partial charge is 0.239 e. The van der Waals surface area contributed by atoms with Crippen LogP contribution in [0, 0.1) is 0 Å². The summed E-state index contributed by atoms with van der Waals surface area (Å²) in [5.74, 6) is 0.0555. The molecule has 3 nitrogen and oxygen atoms in total. The fraction of sp³-hybridized carbons (Fsp3) is 0.500. The lowest BCUT2D eigenvalue weighted by molar-refractivity contribution is -0.133. The molecule has 0 aromatic heterocycles. The van der Waals surface area contributed by atoms with E-state index in [9.17, 15) is 4.79 Å². The molecule has 1 saturated heterocycles. The van der Waals surface area contributed by atoms with E-state index in [-0.39, 0.29) is 18.0 Å². The summed E-state index contributed by atoms with van der Waals surface area (Å²) < 4.78 is 0. The molecule has 1 heterocycles. The fourth-order valence-electron chi connectivity index (χ4n) is 2.48. The molecule has 18 heavy (non-hydrogen) atoms. The van der Waals surface area contributed by atoms with Gasteiger partial charge >= 0.3 is 0 Å². The van der Waals surface area contributed by atoms with Crippen LogP contribution in [0.15, 0.2) is 24.3 Å². The third-order valence-corrected chi connectivity index (χ3v) is 3.76. The van der Waals surface area contributed by atoms with Gasteiger partial charge in [-0.1, -0.05) is 30.7 Å². The molecule has 98 valence electrons. The van der Waals surface area contributed by atoms with Crippen molar-refractivity contribution in [1.82, 2.24) is 4.90 Å². The minimum absolute atomic E-state index is 0.0555. The topological polar surface area (TPSA) is 46.3 Å². The fourth-order valence-corrected chi connectivity index (χ4v) is 2.68. The number of hydrogen-bond donors (Lipinski definition) is 1. The lowest BCUT2D eigenvalue weighted by Gasteiger charge is -2.27. The molecule has 0 bridgehead atoms. The molecular weight excluding hydrogens is 248 g/mol.